The van der Waals surface area contributed by atoms with Crippen LogP contribution in [0.25, 0.3) is 22.4 Å². The maximum Gasteiger partial charge on any atom is 0.501 e. The van der Waals surface area contributed by atoms with Crippen molar-refractivity contribution in [3.05, 3.63) is 130 Å². The van der Waals surface area contributed by atoms with Crippen LogP contribution >= 0.6 is 35.3 Å². The largest absolute Gasteiger partial charge is 0.501 e. The number of halogens is 5. The van der Waals surface area contributed by atoms with Crippen molar-refractivity contribution < 1.29 is 35.9 Å². The van der Waals surface area contributed by atoms with Crippen molar-refractivity contribution in [3.8, 4) is 22.4 Å². The Morgan fingerprint density at radius 3 is 2.18 bits per heavy atom. The second-order valence-electron chi connectivity index (χ2n) is 15.4. The van der Waals surface area contributed by atoms with Crippen molar-refractivity contribution in [1.29, 1.82) is 0 Å². The van der Waals surface area contributed by atoms with E-state index in [0.29, 0.717) is 77.3 Å². The zero-order valence-corrected chi connectivity index (χ0v) is 37.3. The smallest absolute Gasteiger partial charge is 0.478 e. The van der Waals surface area contributed by atoms with Crippen molar-refractivity contribution in [2.75, 3.05) is 46.5 Å². The lowest BCUT2D eigenvalue weighted by Crippen LogP contribution is -2.46. The number of anilines is 3. The zero-order chi connectivity index (χ0) is 44.3. The molecule has 4 aromatic carbocycles. The molecule has 17 heteroatoms. The van der Waals surface area contributed by atoms with Gasteiger partial charge in [0.25, 0.3) is 9.84 Å². The Morgan fingerprint density at radius 2 is 1.55 bits per heavy atom. The van der Waals surface area contributed by atoms with Crippen LogP contribution in [0.15, 0.2) is 113 Å². The summed E-state index contributed by atoms with van der Waals surface area (Å²) >= 11 is 8.87. The molecule has 0 amide bonds. The van der Waals surface area contributed by atoms with E-state index < -0.39 is 43.3 Å². The van der Waals surface area contributed by atoms with Gasteiger partial charge < -0.3 is 29.5 Å². The molecule has 3 N–H and O–H groups in total. The maximum absolute atomic E-state index is 15.4. The fraction of sp³-hybridized carbons (Fsp3) is 0.311. The van der Waals surface area contributed by atoms with Crippen LogP contribution in [-0.2, 0) is 16.9 Å². The molecular formula is C45H46ClF4N5O4S3. The standard InChI is InChI=1S/C45H46ClF4N5O4S3/c1-28(27-60-37-7-5-4-6-8-37)51-39-18-17-38(26-40(39)62(58,59)45(48,49)50)61-52-34-13-15-35(16-14-34)54-19-21-55(22-20-54)36-24-31(23-33(47)25-36)42-41(44(56)57)29(2)53(3)43(42)30-9-11-32(46)12-10-30/h4-16,23-26,28,38-39,51-52H,17-22,27H2,1-3H3,(H,56,57)/t28-,38?,39?/m1/s1. The Bertz CT molecular complexity index is 2530. The minimum Gasteiger partial charge on any atom is -0.478 e. The van der Waals surface area contributed by atoms with Gasteiger partial charge in [0.2, 0.25) is 0 Å². The molecule has 1 aliphatic heterocycles. The number of carbonyl (C=O) groups is 1. The summed E-state index contributed by atoms with van der Waals surface area (Å²) in [6.45, 7) is 5.95. The van der Waals surface area contributed by atoms with Gasteiger partial charge in [-0.2, -0.15) is 13.2 Å². The molecular weight excluding hydrogens is 882 g/mol. The number of hydrogen-bond donors (Lipinski definition) is 3. The first-order valence-electron chi connectivity index (χ1n) is 20.0. The predicted octanol–water partition coefficient (Wildman–Crippen LogP) is 10.7. The molecule has 7 rings (SSSR count). The number of carboxylic acid groups (broad SMARTS) is 1. The Kier molecular flexibility index (Phi) is 13.9. The summed E-state index contributed by atoms with van der Waals surface area (Å²) in [6, 6.07) is 27.8. The number of piperazine rings is 1. The molecule has 1 aromatic heterocycles. The molecule has 1 saturated heterocycles. The minimum absolute atomic E-state index is 0.102. The fourth-order valence-corrected chi connectivity index (χ4v) is 11.1. The molecule has 0 bridgehead atoms. The van der Waals surface area contributed by atoms with Gasteiger partial charge in [-0.05, 0) is 116 Å². The highest BCUT2D eigenvalue weighted by molar-refractivity contribution is 8.01. The predicted molar refractivity (Wildman–Crippen MR) is 245 cm³/mol. The molecule has 1 fully saturated rings. The molecule has 328 valence electrons. The molecule has 0 saturated carbocycles. The van der Waals surface area contributed by atoms with Gasteiger partial charge in [0.15, 0.2) is 0 Å². The van der Waals surface area contributed by atoms with E-state index in [1.54, 1.807) is 42.4 Å². The van der Waals surface area contributed by atoms with Crippen LogP contribution in [-0.4, -0.2) is 78.8 Å². The van der Waals surface area contributed by atoms with Gasteiger partial charge in [-0.15, -0.1) is 11.8 Å². The number of aromatic nitrogens is 1. The lowest BCUT2D eigenvalue weighted by molar-refractivity contribution is -0.0429. The van der Waals surface area contributed by atoms with E-state index in [1.165, 1.54) is 30.2 Å². The molecule has 0 radical (unpaired) electrons. The lowest BCUT2D eigenvalue weighted by Gasteiger charge is -2.37. The third kappa shape index (κ3) is 10.1. The average Bonchev–Trinajstić information content (AvgIpc) is 3.52. The number of sulfone groups is 1. The van der Waals surface area contributed by atoms with E-state index in [4.69, 9.17) is 11.6 Å². The number of hydrogen-bond acceptors (Lipinski definition) is 9. The second kappa shape index (κ2) is 19.0. The van der Waals surface area contributed by atoms with E-state index in [9.17, 15) is 31.5 Å². The zero-order valence-electron chi connectivity index (χ0n) is 34.1. The summed E-state index contributed by atoms with van der Waals surface area (Å²) in [7, 11) is -3.77. The highest BCUT2D eigenvalue weighted by Gasteiger charge is 2.51. The molecule has 2 heterocycles. The highest BCUT2D eigenvalue weighted by Crippen LogP contribution is 2.42. The number of carboxylic acids is 1. The van der Waals surface area contributed by atoms with Crippen LogP contribution in [0.5, 0.6) is 0 Å². The first kappa shape index (κ1) is 45.4. The van der Waals surface area contributed by atoms with Gasteiger partial charge >= 0.3 is 11.5 Å². The van der Waals surface area contributed by atoms with E-state index in [0.717, 1.165) is 16.1 Å². The summed E-state index contributed by atoms with van der Waals surface area (Å²) in [5.74, 6) is -1.04. The maximum atomic E-state index is 15.4. The average molecular weight is 929 g/mol. The molecule has 0 spiro atoms. The summed E-state index contributed by atoms with van der Waals surface area (Å²) in [6.07, 6.45) is 1.93. The number of aromatic carboxylic acids is 1. The number of benzene rings is 4. The number of alkyl halides is 3. The summed E-state index contributed by atoms with van der Waals surface area (Å²) < 4.78 is 87.6. The number of rotatable bonds is 14. The normalized spacial score (nSPS) is 17.8. The van der Waals surface area contributed by atoms with Gasteiger partial charge in [0.1, 0.15) is 5.82 Å². The quantitative estimate of drug-likeness (QED) is 0.0566. The number of nitrogens with zero attached hydrogens (tertiary/aromatic N) is 3. The summed E-state index contributed by atoms with van der Waals surface area (Å²) in [5, 5.41) is 13.5. The number of nitrogens with one attached hydrogen (secondary N) is 2. The Morgan fingerprint density at radius 1 is 0.903 bits per heavy atom. The van der Waals surface area contributed by atoms with E-state index in [2.05, 4.69) is 19.8 Å². The molecule has 1 aliphatic carbocycles. The first-order valence-corrected chi connectivity index (χ1v) is 23.7. The van der Waals surface area contributed by atoms with Gasteiger partial charge in [-0.3, -0.25) is 0 Å². The topological polar surface area (TPSA) is 107 Å². The van der Waals surface area contributed by atoms with Crippen LogP contribution in [0.3, 0.4) is 0 Å². The third-order valence-electron chi connectivity index (χ3n) is 11.2. The fourth-order valence-electron chi connectivity index (χ4n) is 7.95. The van der Waals surface area contributed by atoms with Crippen LogP contribution < -0.4 is 19.8 Å². The van der Waals surface area contributed by atoms with Gasteiger partial charge in [-0.1, -0.05) is 48.0 Å². The summed E-state index contributed by atoms with van der Waals surface area (Å²) in [5.41, 5.74) is -0.213. The van der Waals surface area contributed by atoms with Crippen LogP contribution in [0.2, 0.25) is 5.02 Å². The Hall–Kier alpha value is -4.61. The highest BCUT2D eigenvalue weighted by atomic mass is 35.5. The third-order valence-corrected chi connectivity index (χ3v) is 15.4. The minimum atomic E-state index is -5.56. The van der Waals surface area contributed by atoms with Crippen molar-refractivity contribution in [2.45, 2.75) is 54.4 Å². The first-order chi connectivity index (χ1) is 29.5. The Labute approximate surface area is 372 Å². The summed E-state index contributed by atoms with van der Waals surface area (Å²) in [4.78, 5) is 17.2. The van der Waals surface area contributed by atoms with Crippen molar-refractivity contribution in [1.82, 2.24) is 9.88 Å². The van der Waals surface area contributed by atoms with Crippen molar-refractivity contribution in [3.63, 3.8) is 0 Å². The molecule has 62 heavy (non-hydrogen) atoms. The molecule has 2 aliphatic rings. The second-order valence-corrected chi connectivity index (χ2v) is 19.9. The van der Waals surface area contributed by atoms with Crippen molar-refractivity contribution in [2.24, 2.45) is 7.05 Å². The van der Waals surface area contributed by atoms with E-state index in [-0.39, 0.29) is 18.0 Å². The van der Waals surface area contributed by atoms with Crippen LogP contribution in [0.4, 0.5) is 34.6 Å². The van der Waals surface area contributed by atoms with Gasteiger partial charge in [-0.25, -0.2) is 17.6 Å². The lowest BCUT2D eigenvalue weighted by atomic mass is 9.96. The molecule has 5 aromatic rings. The SMILES string of the molecule is Cc1c(C(=O)O)c(-c2cc(F)cc(N3CCN(c4ccc(NSC5C=C(S(=O)(=O)C(F)(F)F)C(N[C@H](C)CSc6ccccc6)CC5)cc4)CC3)c2)c(-c2ccc(Cl)cc2)n1C. The van der Waals surface area contributed by atoms with E-state index in [1.807, 2.05) is 79.7 Å². The van der Waals surface area contributed by atoms with Crippen molar-refractivity contribution >= 4 is 68.2 Å². The van der Waals surface area contributed by atoms with Gasteiger partial charge in [0, 0.05) is 94.6 Å². The monoisotopic (exact) mass is 927 g/mol. The van der Waals surface area contributed by atoms with Gasteiger partial charge in [0.05, 0.1) is 16.2 Å². The van der Waals surface area contributed by atoms with Crippen LogP contribution in [0, 0.1) is 12.7 Å². The molecule has 2 unspecified atom stereocenters. The molecule has 9 nitrogen and oxygen atoms in total. The Balaban J connectivity index is 0.993. The number of thioether (sulfide) groups is 1. The van der Waals surface area contributed by atoms with E-state index >= 15 is 4.39 Å². The van der Waals surface area contributed by atoms with Crippen LogP contribution in [0.1, 0.15) is 35.8 Å². The molecule has 3 atom stereocenters.